The zero-order valence-electron chi connectivity index (χ0n) is 11.0. The molecule has 0 N–H and O–H groups in total. The van der Waals surface area contributed by atoms with Crippen molar-refractivity contribution in [2.45, 2.75) is 33.0 Å². The van der Waals surface area contributed by atoms with Crippen LogP contribution in [0.2, 0.25) is 0 Å². The van der Waals surface area contributed by atoms with E-state index in [0.717, 1.165) is 29.9 Å². The topological polar surface area (TPSA) is 36.9 Å². The van der Waals surface area contributed by atoms with Crippen LogP contribution >= 0.6 is 0 Å². The molecule has 18 heavy (non-hydrogen) atoms. The molecule has 0 bridgehead atoms. The number of hydrogen-bond acceptors (Lipinski definition) is 4. The quantitative estimate of drug-likeness (QED) is 0.698. The Hall–Kier alpha value is -1.26. The fourth-order valence-corrected chi connectivity index (χ4v) is 1.75. The van der Waals surface area contributed by atoms with Crippen LogP contribution in [0.3, 0.4) is 0 Å². The first-order valence-corrected chi connectivity index (χ1v) is 6.48. The third kappa shape index (κ3) is 3.15. The van der Waals surface area contributed by atoms with E-state index in [9.17, 15) is 0 Å². The second-order valence-corrected chi connectivity index (χ2v) is 4.19. The Bertz CT molecular complexity index is 370. The lowest BCUT2D eigenvalue weighted by molar-refractivity contribution is -0.146. The third-order valence-electron chi connectivity index (χ3n) is 2.62. The van der Waals surface area contributed by atoms with E-state index in [4.69, 9.17) is 18.9 Å². The van der Waals surface area contributed by atoms with Gasteiger partial charge in [0.15, 0.2) is 17.8 Å². The van der Waals surface area contributed by atoms with Crippen LogP contribution < -0.4 is 9.47 Å². The molecule has 1 heterocycles. The van der Waals surface area contributed by atoms with Crippen molar-refractivity contribution in [2.24, 2.45) is 0 Å². The lowest BCUT2D eigenvalue weighted by atomic mass is 10.2. The van der Waals surface area contributed by atoms with Gasteiger partial charge < -0.3 is 18.9 Å². The summed E-state index contributed by atoms with van der Waals surface area (Å²) >= 11 is 0. The lowest BCUT2D eigenvalue weighted by Gasteiger charge is -2.18. The molecule has 1 aliphatic heterocycles. The van der Waals surface area contributed by atoms with Gasteiger partial charge in [0, 0.05) is 18.8 Å². The van der Waals surface area contributed by atoms with Gasteiger partial charge in [-0.3, -0.25) is 0 Å². The van der Waals surface area contributed by atoms with Crippen LogP contribution in [0.4, 0.5) is 0 Å². The second-order valence-electron chi connectivity index (χ2n) is 4.19. The van der Waals surface area contributed by atoms with Crippen LogP contribution in [0.15, 0.2) is 18.2 Å². The molecule has 0 unspecified atom stereocenters. The van der Waals surface area contributed by atoms with Gasteiger partial charge in [-0.05, 0) is 31.0 Å². The van der Waals surface area contributed by atoms with Crippen molar-refractivity contribution >= 4 is 0 Å². The summed E-state index contributed by atoms with van der Waals surface area (Å²) in [5.41, 5.74) is 0.973. The normalized spacial score (nSPS) is 13.3. The maximum atomic E-state index is 5.72. The Balaban J connectivity index is 2.08. The van der Waals surface area contributed by atoms with Gasteiger partial charge in [0.2, 0.25) is 6.79 Å². The SMILES string of the molecule is CCCOC(OCCC)c1ccc2c(c1)OCO2. The van der Waals surface area contributed by atoms with Gasteiger partial charge in [-0.2, -0.15) is 0 Å². The molecule has 4 heteroatoms. The summed E-state index contributed by atoms with van der Waals surface area (Å²) in [6, 6.07) is 5.79. The minimum Gasteiger partial charge on any atom is -0.454 e. The molecule has 0 fully saturated rings. The summed E-state index contributed by atoms with van der Waals surface area (Å²) < 4.78 is 22.1. The van der Waals surface area contributed by atoms with Crippen molar-refractivity contribution in [2.75, 3.05) is 20.0 Å². The molecule has 0 aliphatic carbocycles. The maximum Gasteiger partial charge on any atom is 0.231 e. The molecule has 0 atom stereocenters. The van der Waals surface area contributed by atoms with Crippen LogP contribution in [-0.2, 0) is 9.47 Å². The number of rotatable bonds is 7. The average Bonchev–Trinajstić information content (AvgIpc) is 2.86. The van der Waals surface area contributed by atoms with Crippen LogP contribution in [0.5, 0.6) is 11.5 Å². The van der Waals surface area contributed by atoms with Crippen LogP contribution in [-0.4, -0.2) is 20.0 Å². The zero-order chi connectivity index (χ0) is 12.8. The molecule has 2 rings (SSSR count). The van der Waals surface area contributed by atoms with Crippen molar-refractivity contribution < 1.29 is 18.9 Å². The highest BCUT2D eigenvalue weighted by molar-refractivity contribution is 5.44. The van der Waals surface area contributed by atoms with E-state index in [1.165, 1.54) is 0 Å². The van der Waals surface area contributed by atoms with Crippen molar-refractivity contribution in [3.05, 3.63) is 23.8 Å². The van der Waals surface area contributed by atoms with E-state index in [0.29, 0.717) is 13.2 Å². The summed E-state index contributed by atoms with van der Waals surface area (Å²) in [7, 11) is 0. The molecular weight excluding hydrogens is 232 g/mol. The number of hydrogen-bond donors (Lipinski definition) is 0. The Morgan fingerprint density at radius 2 is 1.72 bits per heavy atom. The Kier molecular flexibility index (Phi) is 4.84. The lowest BCUT2D eigenvalue weighted by Crippen LogP contribution is -2.10. The number of benzene rings is 1. The molecule has 100 valence electrons. The second kappa shape index (κ2) is 6.61. The van der Waals surface area contributed by atoms with Gasteiger partial charge in [0.05, 0.1) is 0 Å². The summed E-state index contributed by atoms with van der Waals surface area (Å²) in [6.07, 6.45) is 1.62. The maximum absolute atomic E-state index is 5.72. The monoisotopic (exact) mass is 252 g/mol. The highest BCUT2D eigenvalue weighted by atomic mass is 16.7. The van der Waals surface area contributed by atoms with Gasteiger partial charge in [0.1, 0.15) is 0 Å². The minimum atomic E-state index is -0.320. The first kappa shape index (κ1) is 13.2. The fourth-order valence-electron chi connectivity index (χ4n) is 1.75. The molecule has 0 spiro atoms. The van der Waals surface area contributed by atoms with Crippen LogP contribution in [0.1, 0.15) is 38.5 Å². The zero-order valence-corrected chi connectivity index (χ0v) is 11.0. The molecule has 1 aliphatic rings. The Labute approximate surface area is 108 Å². The standard InChI is InChI=1S/C14H20O4/c1-3-7-15-14(16-8-4-2)11-5-6-12-13(9-11)18-10-17-12/h5-6,9,14H,3-4,7-8,10H2,1-2H3. The van der Waals surface area contributed by atoms with Crippen molar-refractivity contribution in [3.63, 3.8) is 0 Å². The van der Waals surface area contributed by atoms with Gasteiger partial charge in [-0.15, -0.1) is 0 Å². The Morgan fingerprint density at radius 3 is 2.39 bits per heavy atom. The fraction of sp³-hybridized carbons (Fsp3) is 0.571. The van der Waals surface area contributed by atoms with Crippen LogP contribution in [0, 0.1) is 0 Å². The first-order valence-electron chi connectivity index (χ1n) is 6.48. The highest BCUT2D eigenvalue weighted by Gasteiger charge is 2.18. The van der Waals surface area contributed by atoms with Gasteiger partial charge in [-0.1, -0.05) is 13.8 Å². The van der Waals surface area contributed by atoms with E-state index in [1.54, 1.807) is 0 Å². The van der Waals surface area contributed by atoms with Crippen LogP contribution in [0.25, 0.3) is 0 Å². The summed E-state index contributed by atoms with van der Waals surface area (Å²) in [5.74, 6) is 1.54. The van der Waals surface area contributed by atoms with Gasteiger partial charge in [0.25, 0.3) is 0 Å². The average molecular weight is 252 g/mol. The summed E-state index contributed by atoms with van der Waals surface area (Å²) in [6.45, 7) is 5.81. The summed E-state index contributed by atoms with van der Waals surface area (Å²) in [4.78, 5) is 0. The number of ether oxygens (including phenoxy) is 4. The minimum absolute atomic E-state index is 0.287. The Morgan fingerprint density at radius 1 is 1.06 bits per heavy atom. The predicted molar refractivity (Wildman–Crippen MR) is 67.8 cm³/mol. The van der Waals surface area contributed by atoms with Gasteiger partial charge in [-0.25, -0.2) is 0 Å². The molecule has 1 aromatic rings. The number of fused-ring (bicyclic) bond motifs is 1. The molecule has 1 aromatic carbocycles. The molecular formula is C14H20O4. The van der Waals surface area contributed by atoms with E-state index >= 15 is 0 Å². The first-order chi connectivity index (χ1) is 8.85. The highest BCUT2D eigenvalue weighted by Crippen LogP contribution is 2.35. The van der Waals surface area contributed by atoms with Crippen molar-refractivity contribution in [3.8, 4) is 11.5 Å². The molecule has 0 amide bonds. The summed E-state index contributed by atoms with van der Waals surface area (Å²) in [5, 5.41) is 0. The van der Waals surface area contributed by atoms with E-state index < -0.39 is 0 Å². The molecule has 0 aromatic heterocycles. The van der Waals surface area contributed by atoms with E-state index in [1.807, 2.05) is 18.2 Å². The van der Waals surface area contributed by atoms with Gasteiger partial charge >= 0.3 is 0 Å². The molecule has 4 nitrogen and oxygen atoms in total. The largest absolute Gasteiger partial charge is 0.454 e. The molecule has 0 saturated heterocycles. The smallest absolute Gasteiger partial charge is 0.231 e. The molecule has 0 saturated carbocycles. The molecule has 0 radical (unpaired) electrons. The third-order valence-corrected chi connectivity index (χ3v) is 2.62. The van der Waals surface area contributed by atoms with E-state index in [2.05, 4.69) is 13.8 Å². The van der Waals surface area contributed by atoms with Crippen molar-refractivity contribution in [1.82, 2.24) is 0 Å². The van der Waals surface area contributed by atoms with E-state index in [-0.39, 0.29) is 13.1 Å². The van der Waals surface area contributed by atoms with Crippen molar-refractivity contribution in [1.29, 1.82) is 0 Å². The predicted octanol–water partition coefficient (Wildman–Crippen LogP) is 3.27.